The monoisotopic (exact) mass is 394 g/mol. The van der Waals surface area contributed by atoms with E-state index in [1.807, 2.05) is 29.2 Å². The highest BCUT2D eigenvalue weighted by molar-refractivity contribution is 7.10. The Morgan fingerprint density at radius 3 is 2.46 bits per heavy atom. The third-order valence-corrected chi connectivity index (χ3v) is 5.96. The fraction of sp³-hybridized carbons (Fsp3) is 0.182. The molecule has 6 heteroatoms. The highest BCUT2D eigenvalue weighted by atomic mass is 32.1. The molecule has 0 spiro atoms. The molecule has 2 aromatic carbocycles. The first-order valence-corrected chi connectivity index (χ1v) is 9.91. The number of nitrogens with one attached hydrogen (secondary N) is 1. The van der Waals surface area contributed by atoms with Crippen LogP contribution in [0.15, 0.2) is 60.0 Å². The first kappa shape index (κ1) is 18.4. The van der Waals surface area contributed by atoms with Gasteiger partial charge in [0.15, 0.2) is 0 Å². The van der Waals surface area contributed by atoms with Crippen molar-refractivity contribution in [1.29, 1.82) is 0 Å². The van der Waals surface area contributed by atoms with Crippen LogP contribution < -0.4 is 5.32 Å². The molecule has 1 aromatic heterocycles. The number of thiophene rings is 1. The summed E-state index contributed by atoms with van der Waals surface area (Å²) in [7, 11) is 0. The lowest BCUT2D eigenvalue weighted by atomic mass is 9.93. The van der Waals surface area contributed by atoms with Crippen molar-refractivity contribution in [2.45, 2.75) is 19.4 Å². The summed E-state index contributed by atoms with van der Waals surface area (Å²) in [5, 5.41) is 4.88. The van der Waals surface area contributed by atoms with E-state index in [-0.39, 0.29) is 23.7 Å². The third-order valence-electron chi connectivity index (χ3n) is 4.96. The molecule has 2 amide bonds. The van der Waals surface area contributed by atoms with Gasteiger partial charge in [-0.1, -0.05) is 12.1 Å². The number of hydrogen-bond acceptors (Lipinski definition) is 3. The number of anilines is 1. The Kier molecular flexibility index (Phi) is 4.96. The van der Waals surface area contributed by atoms with Gasteiger partial charge in [0.05, 0.1) is 6.04 Å². The van der Waals surface area contributed by atoms with Crippen molar-refractivity contribution < 1.29 is 14.0 Å². The van der Waals surface area contributed by atoms with E-state index >= 15 is 0 Å². The summed E-state index contributed by atoms with van der Waals surface area (Å²) in [5.41, 5.74) is 3.22. The Morgan fingerprint density at radius 1 is 1.07 bits per heavy atom. The number of fused-ring (bicyclic) bond motifs is 1. The van der Waals surface area contributed by atoms with Gasteiger partial charge in [0, 0.05) is 29.6 Å². The summed E-state index contributed by atoms with van der Waals surface area (Å²) in [6.07, 6.45) is 0.884. The van der Waals surface area contributed by atoms with Gasteiger partial charge in [0.25, 0.3) is 5.91 Å². The molecule has 0 unspecified atom stereocenters. The lowest BCUT2D eigenvalue weighted by molar-refractivity contribution is -0.130. The van der Waals surface area contributed by atoms with Crippen molar-refractivity contribution in [2.75, 3.05) is 11.9 Å². The zero-order chi connectivity index (χ0) is 19.7. The summed E-state index contributed by atoms with van der Waals surface area (Å²) >= 11 is 1.73. The smallest absolute Gasteiger partial charge is 0.255 e. The molecule has 1 N–H and O–H groups in total. The fourth-order valence-corrected chi connectivity index (χ4v) is 4.47. The van der Waals surface area contributed by atoms with Crippen LogP contribution in [0.2, 0.25) is 0 Å². The Morgan fingerprint density at radius 2 is 1.79 bits per heavy atom. The summed E-state index contributed by atoms with van der Waals surface area (Å²) in [4.78, 5) is 27.7. The molecule has 1 aliphatic heterocycles. The molecular formula is C22H19FN2O2S. The molecule has 0 saturated carbocycles. The van der Waals surface area contributed by atoms with Crippen molar-refractivity contribution >= 4 is 28.8 Å². The molecule has 142 valence electrons. The molecule has 28 heavy (non-hydrogen) atoms. The van der Waals surface area contributed by atoms with Crippen LogP contribution >= 0.6 is 11.3 Å². The topological polar surface area (TPSA) is 49.4 Å². The van der Waals surface area contributed by atoms with E-state index in [2.05, 4.69) is 16.8 Å². The largest absolute Gasteiger partial charge is 0.331 e. The average molecular weight is 394 g/mol. The molecule has 4 rings (SSSR count). The maximum Gasteiger partial charge on any atom is 0.255 e. The molecule has 1 atom stereocenters. The van der Waals surface area contributed by atoms with Crippen LogP contribution in [0.5, 0.6) is 0 Å². The minimum atomic E-state index is -0.379. The van der Waals surface area contributed by atoms with Gasteiger partial charge in [0.1, 0.15) is 5.82 Å². The quantitative estimate of drug-likeness (QED) is 0.704. The van der Waals surface area contributed by atoms with Crippen LogP contribution in [0.25, 0.3) is 0 Å². The lowest BCUT2D eigenvalue weighted by Crippen LogP contribution is -2.38. The van der Waals surface area contributed by atoms with Crippen LogP contribution in [0.3, 0.4) is 0 Å². The molecule has 0 radical (unpaired) electrons. The average Bonchev–Trinajstić information content (AvgIpc) is 3.17. The zero-order valence-corrected chi connectivity index (χ0v) is 16.1. The molecule has 0 saturated heterocycles. The number of benzene rings is 2. The highest BCUT2D eigenvalue weighted by Crippen LogP contribution is 2.38. The number of halogens is 1. The standard InChI is InChI=1S/C22H19FN2O2S/c1-14(26)25-12-10-20-19(11-13-28-20)21(25)15-4-8-18(9-5-15)24-22(27)16-2-6-17(23)7-3-16/h2-9,11,13,21H,10,12H2,1H3,(H,24,27)/t21-/m0/s1. The molecule has 1 aliphatic rings. The minimum Gasteiger partial charge on any atom is -0.331 e. The summed E-state index contributed by atoms with van der Waals surface area (Å²) in [6, 6.07) is 14.9. The van der Waals surface area contributed by atoms with Crippen LogP contribution in [-0.2, 0) is 11.2 Å². The fourth-order valence-electron chi connectivity index (χ4n) is 3.57. The van der Waals surface area contributed by atoms with Gasteiger partial charge in [-0.15, -0.1) is 11.3 Å². The van der Waals surface area contributed by atoms with Gasteiger partial charge in [-0.25, -0.2) is 4.39 Å². The summed E-state index contributed by atoms with van der Waals surface area (Å²) < 4.78 is 13.0. The number of carbonyl (C=O) groups is 2. The number of carbonyl (C=O) groups excluding carboxylic acids is 2. The highest BCUT2D eigenvalue weighted by Gasteiger charge is 2.31. The van der Waals surface area contributed by atoms with Gasteiger partial charge in [0.2, 0.25) is 5.91 Å². The molecule has 3 aromatic rings. The number of nitrogens with zero attached hydrogens (tertiary/aromatic N) is 1. The van der Waals surface area contributed by atoms with E-state index < -0.39 is 0 Å². The van der Waals surface area contributed by atoms with Crippen LogP contribution in [-0.4, -0.2) is 23.3 Å². The maximum absolute atomic E-state index is 13.0. The second-order valence-electron chi connectivity index (χ2n) is 6.75. The molecule has 0 fully saturated rings. The predicted octanol–water partition coefficient (Wildman–Crippen LogP) is 4.63. The van der Waals surface area contributed by atoms with E-state index in [0.717, 1.165) is 12.0 Å². The first-order chi connectivity index (χ1) is 13.5. The Balaban J connectivity index is 1.56. The Hall–Kier alpha value is -2.99. The Bertz CT molecular complexity index is 1010. The van der Waals surface area contributed by atoms with Crippen LogP contribution in [0.1, 0.15) is 39.3 Å². The zero-order valence-electron chi connectivity index (χ0n) is 15.3. The lowest BCUT2D eigenvalue weighted by Gasteiger charge is -2.35. The molecule has 0 aliphatic carbocycles. The first-order valence-electron chi connectivity index (χ1n) is 9.03. The molecular weight excluding hydrogens is 375 g/mol. The van der Waals surface area contributed by atoms with Crippen molar-refractivity contribution in [1.82, 2.24) is 4.90 Å². The van der Waals surface area contributed by atoms with Crippen LogP contribution in [0, 0.1) is 5.82 Å². The van der Waals surface area contributed by atoms with Crippen molar-refractivity contribution in [3.8, 4) is 0 Å². The molecule has 2 heterocycles. The van der Waals surface area contributed by atoms with E-state index in [9.17, 15) is 14.0 Å². The van der Waals surface area contributed by atoms with Crippen molar-refractivity contribution in [3.63, 3.8) is 0 Å². The van der Waals surface area contributed by atoms with Gasteiger partial charge in [-0.05, 0) is 65.4 Å². The van der Waals surface area contributed by atoms with Crippen molar-refractivity contribution in [3.05, 3.63) is 87.4 Å². The number of amides is 2. The normalized spacial score (nSPS) is 15.8. The summed E-state index contributed by atoms with van der Waals surface area (Å²) in [6.45, 7) is 2.30. The maximum atomic E-state index is 13.0. The van der Waals surface area contributed by atoms with Gasteiger partial charge < -0.3 is 10.2 Å². The predicted molar refractivity (Wildman–Crippen MR) is 108 cm³/mol. The Labute approximate surface area is 166 Å². The van der Waals surface area contributed by atoms with E-state index in [1.165, 1.54) is 34.7 Å². The molecule has 4 nitrogen and oxygen atoms in total. The van der Waals surface area contributed by atoms with Crippen molar-refractivity contribution in [2.24, 2.45) is 0 Å². The van der Waals surface area contributed by atoms with E-state index in [1.54, 1.807) is 18.3 Å². The number of hydrogen-bond donors (Lipinski definition) is 1. The van der Waals surface area contributed by atoms with E-state index in [4.69, 9.17) is 0 Å². The van der Waals surface area contributed by atoms with Gasteiger partial charge in [-0.2, -0.15) is 0 Å². The second kappa shape index (κ2) is 7.56. The third kappa shape index (κ3) is 3.55. The number of rotatable bonds is 3. The summed E-state index contributed by atoms with van der Waals surface area (Å²) in [5.74, 6) is -0.623. The van der Waals surface area contributed by atoms with Gasteiger partial charge in [-0.3, -0.25) is 9.59 Å². The van der Waals surface area contributed by atoms with Gasteiger partial charge >= 0.3 is 0 Å². The minimum absolute atomic E-state index is 0.0514. The van der Waals surface area contributed by atoms with E-state index in [0.29, 0.717) is 17.8 Å². The second-order valence-corrected chi connectivity index (χ2v) is 7.75. The van der Waals surface area contributed by atoms with Crippen LogP contribution in [0.4, 0.5) is 10.1 Å². The SMILES string of the molecule is CC(=O)N1CCc2sccc2[C@@H]1c1ccc(NC(=O)c2ccc(F)cc2)cc1. The molecule has 0 bridgehead atoms.